The van der Waals surface area contributed by atoms with Gasteiger partial charge in [0.25, 0.3) is 0 Å². The molecule has 0 radical (unpaired) electrons. The molecule has 22 heavy (non-hydrogen) atoms. The maximum absolute atomic E-state index is 11.7. The van der Waals surface area contributed by atoms with Crippen molar-refractivity contribution in [2.24, 2.45) is 5.41 Å². The van der Waals surface area contributed by atoms with E-state index in [1.165, 1.54) is 14.2 Å². The molecule has 0 aromatic carbocycles. The summed E-state index contributed by atoms with van der Waals surface area (Å²) in [7, 11) is 2.65. The summed E-state index contributed by atoms with van der Waals surface area (Å²) < 4.78 is 20.6. The molecule has 1 aliphatic heterocycles. The fraction of sp³-hybridized carbons (Fsp3) is 0.867. The van der Waals surface area contributed by atoms with Gasteiger partial charge in [-0.05, 0) is 6.42 Å². The summed E-state index contributed by atoms with van der Waals surface area (Å²) in [6.45, 7) is 6.01. The van der Waals surface area contributed by atoms with Crippen molar-refractivity contribution in [2.75, 3.05) is 34.0 Å². The Morgan fingerprint density at radius 2 is 1.86 bits per heavy atom. The van der Waals surface area contributed by atoms with Crippen LogP contribution >= 0.6 is 0 Å². The molecule has 1 heterocycles. The third-order valence-electron chi connectivity index (χ3n) is 3.44. The Balaban J connectivity index is 2.31. The molecule has 1 fully saturated rings. The first-order valence-electron chi connectivity index (χ1n) is 7.49. The largest absolute Gasteiger partial charge is 0.469 e. The topological polar surface area (TPSA) is 83.1 Å². The molecule has 128 valence electrons. The Morgan fingerprint density at radius 1 is 1.23 bits per heavy atom. The summed E-state index contributed by atoms with van der Waals surface area (Å²) in [6.07, 6.45) is 0.855. The predicted octanol–water partition coefficient (Wildman–Crippen LogP) is 0.860. The molecule has 0 bridgehead atoms. The molecule has 0 aromatic rings. The second kappa shape index (κ2) is 9.07. The van der Waals surface area contributed by atoms with Crippen molar-refractivity contribution in [2.45, 2.75) is 45.4 Å². The number of carbonyl (C=O) groups is 2. The Hall–Kier alpha value is -1.18. The van der Waals surface area contributed by atoms with Crippen LogP contribution < -0.4 is 5.32 Å². The molecule has 0 unspecified atom stereocenters. The van der Waals surface area contributed by atoms with Gasteiger partial charge in [0, 0.05) is 24.8 Å². The molecular formula is C15H27NO6. The molecule has 1 saturated heterocycles. The summed E-state index contributed by atoms with van der Waals surface area (Å²) >= 11 is 0. The van der Waals surface area contributed by atoms with Gasteiger partial charge in [-0.25, -0.2) is 0 Å². The van der Waals surface area contributed by atoms with Crippen LogP contribution in [0.25, 0.3) is 0 Å². The van der Waals surface area contributed by atoms with Gasteiger partial charge in [0.1, 0.15) is 6.04 Å². The van der Waals surface area contributed by atoms with Crippen LogP contribution in [0.1, 0.15) is 33.1 Å². The lowest BCUT2D eigenvalue weighted by Gasteiger charge is -2.34. The Kier molecular flexibility index (Phi) is 7.78. The van der Waals surface area contributed by atoms with E-state index in [1.807, 2.05) is 0 Å². The molecule has 1 rings (SSSR count). The highest BCUT2D eigenvalue weighted by Crippen LogP contribution is 2.23. The number of hydrogen-bond donors (Lipinski definition) is 1. The van der Waals surface area contributed by atoms with E-state index in [-0.39, 0.29) is 24.1 Å². The van der Waals surface area contributed by atoms with Gasteiger partial charge < -0.3 is 24.3 Å². The summed E-state index contributed by atoms with van der Waals surface area (Å²) in [5, 5.41) is 3.08. The summed E-state index contributed by atoms with van der Waals surface area (Å²) in [5.41, 5.74) is 0.0407. The lowest BCUT2D eigenvalue weighted by Crippen LogP contribution is -2.42. The van der Waals surface area contributed by atoms with Crippen molar-refractivity contribution >= 4 is 11.9 Å². The molecule has 7 heteroatoms. The molecule has 1 N–H and O–H groups in total. The predicted molar refractivity (Wildman–Crippen MR) is 79.1 cm³/mol. The zero-order valence-electron chi connectivity index (χ0n) is 13.8. The van der Waals surface area contributed by atoms with Gasteiger partial charge in [0.05, 0.1) is 27.4 Å². The summed E-state index contributed by atoms with van der Waals surface area (Å²) in [6, 6.07) is -0.538. The van der Waals surface area contributed by atoms with Gasteiger partial charge in [-0.15, -0.1) is 0 Å². The Morgan fingerprint density at radius 3 is 2.41 bits per heavy atom. The minimum atomic E-state index is -0.538. The van der Waals surface area contributed by atoms with E-state index in [0.29, 0.717) is 32.6 Å². The fourth-order valence-electron chi connectivity index (χ4n) is 2.08. The summed E-state index contributed by atoms with van der Waals surface area (Å²) in [4.78, 5) is 22.8. The number of hydrogen-bond acceptors (Lipinski definition) is 7. The minimum Gasteiger partial charge on any atom is -0.469 e. The first-order valence-corrected chi connectivity index (χ1v) is 7.49. The summed E-state index contributed by atoms with van der Waals surface area (Å²) in [5.74, 6) is -0.743. The van der Waals surface area contributed by atoms with E-state index in [4.69, 9.17) is 14.2 Å². The van der Waals surface area contributed by atoms with E-state index in [9.17, 15) is 9.59 Å². The number of nitrogens with one attached hydrogen (secondary N) is 1. The van der Waals surface area contributed by atoms with Gasteiger partial charge >= 0.3 is 11.9 Å². The van der Waals surface area contributed by atoms with Crippen molar-refractivity contribution in [1.82, 2.24) is 5.32 Å². The van der Waals surface area contributed by atoms with E-state index < -0.39 is 12.0 Å². The van der Waals surface area contributed by atoms with Gasteiger partial charge in [0.2, 0.25) is 0 Å². The van der Waals surface area contributed by atoms with E-state index in [0.717, 1.165) is 0 Å². The van der Waals surface area contributed by atoms with Crippen LogP contribution in [-0.2, 0) is 28.5 Å². The fourth-order valence-corrected chi connectivity index (χ4v) is 2.08. The number of methoxy groups -OCH3 is 2. The number of rotatable bonds is 8. The Bertz CT molecular complexity index is 361. The molecule has 0 amide bonds. The molecule has 1 aliphatic rings. The quantitative estimate of drug-likeness (QED) is 0.665. The highest BCUT2D eigenvalue weighted by atomic mass is 16.7. The third kappa shape index (κ3) is 6.72. The smallest absolute Gasteiger partial charge is 0.322 e. The zero-order valence-corrected chi connectivity index (χ0v) is 13.8. The van der Waals surface area contributed by atoms with Crippen LogP contribution in [0.5, 0.6) is 0 Å². The SMILES string of the molecule is COC(=O)CC[C@H](NCCC1OCC(C)(C)CO1)C(=O)OC. The maximum Gasteiger partial charge on any atom is 0.322 e. The monoisotopic (exact) mass is 317 g/mol. The normalized spacial score (nSPS) is 19.5. The van der Waals surface area contributed by atoms with E-state index in [1.54, 1.807) is 0 Å². The lowest BCUT2D eigenvalue weighted by molar-refractivity contribution is -0.223. The number of ether oxygens (including phenoxy) is 4. The van der Waals surface area contributed by atoms with Gasteiger partial charge in [0.15, 0.2) is 6.29 Å². The molecule has 1 atom stereocenters. The molecule has 0 aliphatic carbocycles. The maximum atomic E-state index is 11.7. The highest BCUT2D eigenvalue weighted by Gasteiger charge is 2.28. The van der Waals surface area contributed by atoms with Gasteiger partial charge in [-0.1, -0.05) is 13.8 Å². The van der Waals surface area contributed by atoms with E-state index >= 15 is 0 Å². The average Bonchev–Trinajstić information content (AvgIpc) is 2.50. The van der Waals surface area contributed by atoms with Crippen LogP contribution in [0.3, 0.4) is 0 Å². The van der Waals surface area contributed by atoms with Crippen molar-refractivity contribution in [3.05, 3.63) is 0 Å². The number of esters is 2. The van der Waals surface area contributed by atoms with Crippen LogP contribution in [0, 0.1) is 5.41 Å². The average molecular weight is 317 g/mol. The number of carbonyl (C=O) groups excluding carboxylic acids is 2. The van der Waals surface area contributed by atoms with Crippen molar-refractivity contribution < 1.29 is 28.5 Å². The zero-order chi connectivity index (χ0) is 16.6. The minimum absolute atomic E-state index is 0.0407. The van der Waals surface area contributed by atoms with Crippen LogP contribution in [0.4, 0.5) is 0 Å². The van der Waals surface area contributed by atoms with Crippen molar-refractivity contribution in [3.8, 4) is 0 Å². The highest BCUT2D eigenvalue weighted by molar-refractivity contribution is 5.77. The van der Waals surface area contributed by atoms with Crippen LogP contribution in [0.15, 0.2) is 0 Å². The molecule has 0 saturated carbocycles. The molecular weight excluding hydrogens is 290 g/mol. The van der Waals surface area contributed by atoms with Gasteiger partial charge in [-0.3, -0.25) is 9.59 Å². The third-order valence-corrected chi connectivity index (χ3v) is 3.44. The van der Waals surface area contributed by atoms with Crippen molar-refractivity contribution in [1.29, 1.82) is 0 Å². The molecule has 7 nitrogen and oxygen atoms in total. The van der Waals surface area contributed by atoms with Crippen LogP contribution in [0.2, 0.25) is 0 Å². The second-order valence-corrected chi connectivity index (χ2v) is 6.15. The second-order valence-electron chi connectivity index (χ2n) is 6.15. The molecule has 0 aromatic heterocycles. The van der Waals surface area contributed by atoms with Crippen LogP contribution in [-0.4, -0.2) is 58.2 Å². The lowest BCUT2D eigenvalue weighted by atomic mass is 9.95. The standard InChI is InChI=1S/C15H27NO6/c1-15(2)9-21-13(22-10-15)7-8-16-11(14(18)20-4)5-6-12(17)19-3/h11,13,16H,5-10H2,1-4H3/t11-/m0/s1. The first kappa shape index (κ1) is 18.9. The molecule has 0 spiro atoms. The van der Waals surface area contributed by atoms with Gasteiger partial charge in [-0.2, -0.15) is 0 Å². The van der Waals surface area contributed by atoms with E-state index in [2.05, 4.69) is 23.9 Å². The first-order chi connectivity index (χ1) is 10.4. The van der Waals surface area contributed by atoms with Crippen molar-refractivity contribution in [3.63, 3.8) is 0 Å². The Labute approximate surface area is 131 Å².